The Hall–Kier alpha value is -6.38. The van der Waals surface area contributed by atoms with Crippen LogP contribution in [0.4, 0.5) is 9.59 Å². The number of benzene rings is 2. The van der Waals surface area contributed by atoms with Crippen LogP contribution >= 0.6 is 0 Å². The second kappa shape index (κ2) is 20.3. The number of aromatic amines is 2. The molecule has 2 aromatic carbocycles. The predicted molar refractivity (Wildman–Crippen MR) is 232 cm³/mol. The van der Waals surface area contributed by atoms with Crippen LogP contribution in [0.1, 0.15) is 107 Å². The highest BCUT2D eigenvalue weighted by Crippen LogP contribution is 2.36. The number of H-pyrrole nitrogens is 2. The number of likely N-dealkylation sites (tertiary alicyclic amines) is 2. The van der Waals surface area contributed by atoms with Gasteiger partial charge in [-0.2, -0.15) is 0 Å². The zero-order valence-corrected chi connectivity index (χ0v) is 36.0. The molecule has 2 aliphatic rings. The molecule has 4 amide bonds. The van der Waals surface area contributed by atoms with Gasteiger partial charge in [-0.3, -0.25) is 9.59 Å². The summed E-state index contributed by atoms with van der Waals surface area (Å²) >= 11 is 0. The summed E-state index contributed by atoms with van der Waals surface area (Å²) in [4.78, 5) is 71.1. The van der Waals surface area contributed by atoms with Crippen molar-refractivity contribution in [3.63, 3.8) is 0 Å². The second-order valence-electron chi connectivity index (χ2n) is 16.1. The van der Waals surface area contributed by atoms with E-state index in [1.807, 2.05) is 107 Å². The number of carbonyl (C=O) groups excluding carboxylic acids is 4. The van der Waals surface area contributed by atoms with Crippen molar-refractivity contribution in [1.29, 1.82) is 0 Å². The highest BCUT2D eigenvalue weighted by atomic mass is 16.5. The Morgan fingerprint density at radius 3 is 1.87 bits per heavy atom. The van der Waals surface area contributed by atoms with Gasteiger partial charge in [0.25, 0.3) is 0 Å². The number of hydrogen-bond acceptors (Lipinski definition) is 9. The average Bonchev–Trinajstić information content (AvgIpc) is 4.10. The smallest absolute Gasteiger partial charge is 0.407 e. The lowest BCUT2D eigenvalue weighted by atomic mass is 10.0. The number of nitrogens with zero attached hydrogens (tertiary/aromatic N) is 4. The molecule has 0 spiro atoms. The van der Waals surface area contributed by atoms with Gasteiger partial charge in [0, 0.05) is 24.2 Å². The molecule has 0 unspecified atom stereocenters. The zero-order chi connectivity index (χ0) is 43.6. The molecule has 6 rings (SSSR count). The fourth-order valence-corrected chi connectivity index (χ4v) is 7.89. The Morgan fingerprint density at radius 2 is 1.30 bits per heavy atom. The molecule has 2 aliphatic heterocycles. The van der Waals surface area contributed by atoms with E-state index in [4.69, 9.17) is 19.2 Å². The fraction of sp³-hybridized carbons (Fsp3) is 0.435. The molecule has 15 heteroatoms. The van der Waals surface area contributed by atoms with Gasteiger partial charge in [-0.25, -0.2) is 19.6 Å². The molecule has 0 aliphatic carbocycles. The van der Waals surface area contributed by atoms with E-state index in [0.29, 0.717) is 30.5 Å². The number of imidazole rings is 2. The minimum absolute atomic E-state index is 0.119. The van der Waals surface area contributed by atoms with Crippen molar-refractivity contribution >= 4 is 36.2 Å². The molecular formula is C46H58N8O7. The van der Waals surface area contributed by atoms with E-state index in [1.165, 1.54) is 14.2 Å². The predicted octanol–water partition coefficient (Wildman–Crippen LogP) is 7.75. The molecule has 5 atom stereocenters. The molecule has 2 fully saturated rings. The van der Waals surface area contributed by atoms with Crippen molar-refractivity contribution in [2.75, 3.05) is 27.3 Å². The second-order valence-corrected chi connectivity index (χ2v) is 16.1. The Labute approximate surface area is 357 Å². The summed E-state index contributed by atoms with van der Waals surface area (Å²) in [6.07, 6.45) is 12.9. The molecule has 4 N–H and O–H groups in total. The van der Waals surface area contributed by atoms with Crippen LogP contribution in [-0.2, 0) is 19.1 Å². The molecular weight excluding hydrogens is 777 g/mol. The van der Waals surface area contributed by atoms with Crippen LogP contribution in [0.2, 0.25) is 0 Å². The highest BCUT2D eigenvalue weighted by molar-refractivity contribution is 5.87. The lowest BCUT2D eigenvalue weighted by Gasteiger charge is -2.30. The van der Waals surface area contributed by atoms with Crippen molar-refractivity contribution in [2.24, 2.45) is 11.8 Å². The summed E-state index contributed by atoms with van der Waals surface area (Å²) in [5.41, 5.74) is 4.35. The van der Waals surface area contributed by atoms with Gasteiger partial charge >= 0.3 is 12.2 Å². The maximum atomic E-state index is 13.7. The minimum Gasteiger partial charge on any atom is -0.485 e. The van der Waals surface area contributed by atoms with E-state index in [9.17, 15) is 19.2 Å². The maximum absolute atomic E-state index is 13.7. The SMILES string of the molecule is COC(=O)N[C@H](C(=O)N1CCC[C@H]1c1ncc(C=CC=Cc2ccc(-c3cnc([C@@H]4CCCN4C(=O)[C@@H](NC(=O)OC)C(C)C)[nH]3)cc2O[C@H](C)c2ccccc2)[nH]1)C(C)C. The van der Waals surface area contributed by atoms with Crippen LogP contribution in [0, 0.1) is 11.8 Å². The molecule has 2 saturated heterocycles. The van der Waals surface area contributed by atoms with Crippen LogP contribution < -0.4 is 15.4 Å². The van der Waals surface area contributed by atoms with Crippen LogP contribution in [0.3, 0.4) is 0 Å². The lowest BCUT2D eigenvalue weighted by molar-refractivity contribution is -0.136. The average molecular weight is 835 g/mol. The van der Waals surface area contributed by atoms with Crippen molar-refractivity contribution in [2.45, 2.75) is 90.6 Å². The Balaban J connectivity index is 1.19. The van der Waals surface area contributed by atoms with E-state index >= 15 is 0 Å². The first-order chi connectivity index (χ1) is 29.4. The fourth-order valence-electron chi connectivity index (χ4n) is 7.89. The topological polar surface area (TPSA) is 184 Å². The lowest BCUT2D eigenvalue weighted by Crippen LogP contribution is -2.51. The molecule has 4 aromatic rings. The quantitative estimate of drug-likeness (QED) is 0.0870. The third kappa shape index (κ3) is 10.7. The number of ether oxygens (including phenoxy) is 3. The zero-order valence-electron chi connectivity index (χ0n) is 36.0. The number of aromatic nitrogens is 4. The molecule has 0 saturated carbocycles. The van der Waals surface area contributed by atoms with Crippen molar-refractivity contribution in [1.82, 2.24) is 40.4 Å². The number of amides is 4. The standard InChI is InChI=1S/C46H58N8O7/c1-28(2)39(51-45(57)59-6)43(55)53-23-13-19-36(53)41-47-26-34(49-41)18-12-11-17-32-21-22-33(25-38(32)61-30(5)31-15-9-8-10-16-31)35-27-48-42(50-35)37-20-14-24-54(37)44(56)40(29(3)4)52-46(58)60-7/h8-12,15-18,21-22,25-30,36-37,39-40H,13-14,19-20,23-24H2,1-7H3,(H,47,49)(H,48,50)(H,51,57)(H,52,58)/t30-,36+,37+,39+,40+/m1/s1. The van der Waals surface area contributed by atoms with E-state index < -0.39 is 24.3 Å². The Bertz CT molecular complexity index is 2200. The first-order valence-corrected chi connectivity index (χ1v) is 21.0. The van der Waals surface area contributed by atoms with E-state index in [2.05, 4.69) is 25.6 Å². The molecule has 61 heavy (non-hydrogen) atoms. The van der Waals surface area contributed by atoms with Crippen molar-refractivity contribution in [3.05, 3.63) is 102 Å². The van der Waals surface area contributed by atoms with Gasteiger partial charge in [-0.15, -0.1) is 0 Å². The summed E-state index contributed by atoms with van der Waals surface area (Å²) in [6, 6.07) is 14.1. The number of methoxy groups -OCH3 is 2. The third-order valence-electron chi connectivity index (χ3n) is 11.3. The first kappa shape index (κ1) is 44.2. The normalized spacial score (nSPS) is 18.2. The summed E-state index contributed by atoms with van der Waals surface area (Å²) in [7, 11) is 2.57. The highest BCUT2D eigenvalue weighted by Gasteiger charge is 2.39. The first-order valence-electron chi connectivity index (χ1n) is 21.0. The molecule has 0 radical (unpaired) electrons. The molecule has 2 aromatic heterocycles. The molecule has 0 bridgehead atoms. The van der Waals surface area contributed by atoms with Gasteiger partial charge in [0.15, 0.2) is 0 Å². The third-order valence-corrected chi connectivity index (χ3v) is 11.3. The van der Waals surface area contributed by atoms with Gasteiger partial charge < -0.3 is 44.6 Å². The Morgan fingerprint density at radius 1 is 0.738 bits per heavy atom. The maximum Gasteiger partial charge on any atom is 0.407 e. The summed E-state index contributed by atoms with van der Waals surface area (Å²) in [5, 5.41) is 5.39. The van der Waals surface area contributed by atoms with Crippen LogP contribution in [0.25, 0.3) is 23.4 Å². The van der Waals surface area contributed by atoms with Crippen LogP contribution in [0.15, 0.2) is 73.1 Å². The van der Waals surface area contributed by atoms with Gasteiger partial charge in [0.1, 0.15) is 35.6 Å². The summed E-state index contributed by atoms with van der Waals surface area (Å²) in [5.74, 6) is 1.48. The molecule has 4 heterocycles. The largest absolute Gasteiger partial charge is 0.485 e. The van der Waals surface area contributed by atoms with Crippen LogP contribution in [0.5, 0.6) is 5.75 Å². The Kier molecular flexibility index (Phi) is 14.7. The minimum atomic E-state index is -0.719. The number of nitrogens with one attached hydrogen (secondary N) is 4. The van der Waals surface area contributed by atoms with E-state index in [0.717, 1.165) is 53.8 Å². The van der Waals surface area contributed by atoms with Crippen molar-refractivity contribution < 1.29 is 33.4 Å². The molecule has 15 nitrogen and oxygen atoms in total. The van der Waals surface area contributed by atoms with Gasteiger partial charge in [-0.1, -0.05) is 88.4 Å². The van der Waals surface area contributed by atoms with Crippen molar-refractivity contribution in [3.8, 4) is 17.0 Å². The van der Waals surface area contributed by atoms with E-state index in [-0.39, 0.29) is 41.8 Å². The van der Waals surface area contributed by atoms with Gasteiger partial charge in [-0.05, 0) is 62.1 Å². The van der Waals surface area contributed by atoms with Gasteiger partial charge in [0.2, 0.25) is 11.8 Å². The van der Waals surface area contributed by atoms with Gasteiger partial charge in [0.05, 0.1) is 50.1 Å². The number of hydrogen-bond donors (Lipinski definition) is 4. The number of carbonyl (C=O) groups is 4. The summed E-state index contributed by atoms with van der Waals surface area (Å²) in [6.45, 7) is 10.7. The van der Waals surface area contributed by atoms with Crippen LogP contribution in [-0.4, -0.2) is 93.1 Å². The summed E-state index contributed by atoms with van der Waals surface area (Å²) < 4.78 is 16.2. The monoisotopic (exact) mass is 834 g/mol. The number of rotatable bonds is 15. The number of alkyl carbamates (subject to hydrolysis) is 2. The number of allylic oxidation sites excluding steroid dienone is 2. The molecule has 324 valence electrons. The van der Waals surface area contributed by atoms with E-state index in [1.54, 1.807) is 22.2 Å².